The van der Waals surface area contributed by atoms with Gasteiger partial charge in [-0.05, 0) is 75.0 Å². The number of carbonyl (C=O) groups is 2. The highest BCUT2D eigenvalue weighted by Crippen LogP contribution is 2.49. The molecule has 2 aliphatic carbocycles. The molecule has 0 spiro atoms. The van der Waals surface area contributed by atoms with Crippen molar-refractivity contribution in [2.75, 3.05) is 25.0 Å². The highest BCUT2D eigenvalue weighted by Gasteiger charge is 2.40. The second-order valence-corrected chi connectivity index (χ2v) is 9.90. The van der Waals surface area contributed by atoms with Crippen LogP contribution in [-0.4, -0.2) is 41.2 Å². The number of ether oxygens (including phenoxy) is 1. The Morgan fingerprint density at radius 2 is 1.88 bits per heavy atom. The molecule has 1 aromatic heterocycles. The molecule has 3 atom stereocenters. The number of aromatic nitrogens is 1. The molecule has 2 saturated carbocycles. The van der Waals surface area contributed by atoms with E-state index in [4.69, 9.17) is 4.74 Å². The van der Waals surface area contributed by atoms with E-state index in [0.29, 0.717) is 56.0 Å². The van der Waals surface area contributed by atoms with Crippen LogP contribution in [0.1, 0.15) is 57.9 Å². The molecule has 33 heavy (non-hydrogen) atoms. The predicted molar refractivity (Wildman–Crippen MR) is 127 cm³/mol. The van der Waals surface area contributed by atoms with Gasteiger partial charge in [0.05, 0.1) is 6.61 Å². The summed E-state index contributed by atoms with van der Waals surface area (Å²) in [4.78, 5) is 39.7. The summed E-state index contributed by atoms with van der Waals surface area (Å²) in [6.07, 6.45) is 8.64. The lowest BCUT2D eigenvalue weighted by Gasteiger charge is -2.32. The van der Waals surface area contributed by atoms with Crippen molar-refractivity contribution in [1.82, 2.24) is 9.47 Å². The fraction of sp³-hybridized carbons (Fsp3) is 0.577. The first-order valence-electron chi connectivity index (χ1n) is 12.4. The van der Waals surface area contributed by atoms with E-state index in [2.05, 4.69) is 5.32 Å². The van der Waals surface area contributed by atoms with E-state index in [0.717, 1.165) is 17.2 Å². The minimum absolute atomic E-state index is 0.0450. The Hall–Kier alpha value is -2.83. The first-order chi connectivity index (χ1) is 16.0. The number of piperidine rings is 1. The molecule has 1 unspecified atom stereocenters. The number of amides is 2. The van der Waals surface area contributed by atoms with Crippen LogP contribution < -0.4 is 10.9 Å². The molecule has 1 aromatic carbocycles. The average molecular weight is 452 g/mol. The Balaban J connectivity index is 1.29. The summed E-state index contributed by atoms with van der Waals surface area (Å²) in [6, 6.07) is 7.52. The summed E-state index contributed by atoms with van der Waals surface area (Å²) in [5.41, 5.74) is 0.660. The SMILES string of the molecule is CCOC(=O)N1CCC(n2ccc3c(NC(=O)CC4C[C@@H]5CC[C@H]4C5)cccc3c2=O)CC1. The highest BCUT2D eigenvalue weighted by atomic mass is 16.6. The van der Waals surface area contributed by atoms with Crippen molar-refractivity contribution in [3.05, 3.63) is 40.8 Å². The monoisotopic (exact) mass is 451 g/mol. The van der Waals surface area contributed by atoms with Crippen LogP contribution in [-0.2, 0) is 9.53 Å². The van der Waals surface area contributed by atoms with Crippen molar-refractivity contribution in [3.63, 3.8) is 0 Å². The lowest BCUT2D eigenvalue weighted by Crippen LogP contribution is -2.41. The van der Waals surface area contributed by atoms with Crippen molar-refractivity contribution in [2.24, 2.45) is 17.8 Å². The van der Waals surface area contributed by atoms with Crippen LogP contribution >= 0.6 is 0 Å². The molecule has 7 nitrogen and oxygen atoms in total. The minimum Gasteiger partial charge on any atom is -0.450 e. The van der Waals surface area contributed by atoms with Crippen molar-refractivity contribution < 1.29 is 14.3 Å². The smallest absolute Gasteiger partial charge is 0.409 e. The van der Waals surface area contributed by atoms with Crippen LogP contribution in [0.15, 0.2) is 35.3 Å². The molecule has 1 saturated heterocycles. The zero-order chi connectivity index (χ0) is 22.9. The standard InChI is InChI=1S/C26H33N3O4/c1-2-33-26(32)28-11-8-20(9-12-28)29-13-10-21-22(25(29)31)4-3-5-23(21)27-24(30)16-19-15-17-6-7-18(19)14-17/h3-5,10,13,17-20H,2,6-9,11-12,14-16H2,1H3,(H,27,30)/t17-,18+,19?/m1/s1. The predicted octanol–water partition coefficient (Wildman–Crippen LogP) is 4.56. The lowest BCUT2D eigenvalue weighted by molar-refractivity contribution is -0.117. The van der Waals surface area contributed by atoms with E-state index in [-0.39, 0.29) is 23.6 Å². The Morgan fingerprint density at radius 3 is 2.58 bits per heavy atom. The van der Waals surface area contributed by atoms with Crippen molar-refractivity contribution in [2.45, 2.75) is 57.9 Å². The summed E-state index contributed by atoms with van der Waals surface area (Å²) in [5, 5.41) is 4.48. The third kappa shape index (κ3) is 4.37. The molecule has 3 aliphatic rings. The molecule has 2 bridgehead atoms. The summed E-state index contributed by atoms with van der Waals surface area (Å²) in [7, 11) is 0. The topological polar surface area (TPSA) is 80.6 Å². The van der Waals surface area contributed by atoms with Crippen LogP contribution in [0.3, 0.4) is 0 Å². The van der Waals surface area contributed by atoms with Gasteiger partial charge in [0, 0.05) is 48.2 Å². The van der Waals surface area contributed by atoms with E-state index >= 15 is 0 Å². The number of pyridine rings is 1. The van der Waals surface area contributed by atoms with Crippen molar-refractivity contribution in [1.29, 1.82) is 0 Å². The molecule has 5 rings (SSSR count). The molecule has 0 radical (unpaired) electrons. The molecule has 176 valence electrons. The number of nitrogens with one attached hydrogen (secondary N) is 1. The van der Waals surface area contributed by atoms with E-state index < -0.39 is 0 Å². The molecular weight excluding hydrogens is 418 g/mol. The molecule has 2 aromatic rings. The van der Waals surface area contributed by atoms with Gasteiger partial charge in [-0.2, -0.15) is 0 Å². The van der Waals surface area contributed by atoms with Gasteiger partial charge < -0.3 is 19.5 Å². The Labute approximate surface area is 194 Å². The van der Waals surface area contributed by atoms with Crippen LogP contribution in [0, 0.1) is 17.8 Å². The number of likely N-dealkylation sites (tertiary alicyclic amines) is 1. The van der Waals surface area contributed by atoms with Crippen LogP contribution in [0.5, 0.6) is 0 Å². The maximum atomic E-state index is 13.3. The number of anilines is 1. The zero-order valence-corrected chi connectivity index (χ0v) is 19.3. The Morgan fingerprint density at radius 1 is 1.06 bits per heavy atom. The number of nitrogens with zero attached hydrogens (tertiary/aromatic N) is 2. The second-order valence-electron chi connectivity index (χ2n) is 9.90. The van der Waals surface area contributed by atoms with Gasteiger partial charge >= 0.3 is 6.09 Å². The number of rotatable bonds is 5. The van der Waals surface area contributed by atoms with Gasteiger partial charge in [0.1, 0.15) is 0 Å². The minimum atomic E-state index is -0.285. The second kappa shape index (κ2) is 9.20. The van der Waals surface area contributed by atoms with E-state index in [1.807, 2.05) is 30.5 Å². The molecule has 1 N–H and O–H groups in total. The summed E-state index contributed by atoms with van der Waals surface area (Å²) < 4.78 is 6.87. The average Bonchev–Trinajstić information content (AvgIpc) is 3.43. The van der Waals surface area contributed by atoms with Gasteiger partial charge in [0.2, 0.25) is 5.91 Å². The van der Waals surface area contributed by atoms with Gasteiger partial charge in [-0.25, -0.2) is 4.79 Å². The van der Waals surface area contributed by atoms with E-state index in [1.54, 1.807) is 16.4 Å². The number of carbonyl (C=O) groups excluding carboxylic acids is 2. The molecular formula is C26H33N3O4. The largest absolute Gasteiger partial charge is 0.450 e. The van der Waals surface area contributed by atoms with Crippen LogP contribution in [0.4, 0.5) is 10.5 Å². The van der Waals surface area contributed by atoms with Gasteiger partial charge in [-0.15, -0.1) is 0 Å². The first-order valence-corrected chi connectivity index (χ1v) is 12.4. The summed E-state index contributed by atoms with van der Waals surface area (Å²) >= 11 is 0. The number of hydrogen-bond donors (Lipinski definition) is 1. The van der Waals surface area contributed by atoms with Gasteiger partial charge in [-0.3, -0.25) is 9.59 Å². The zero-order valence-electron chi connectivity index (χ0n) is 19.3. The maximum Gasteiger partial charge on any atom is 0.409 e. The fourth-order valence-electron chi connectivity index (χ4n) is 6.30. The normalized spacial score (nSPS) is 24.9. The maximum absolute atomic E-state index is 13.3. The Kier molecular flexibility index (Phi) is 6.13. The molecule has 1 aliphatic heterocycles. The van der Waals surface area contributed by atoms with E-state index in [9.17, 15) is 14.4 Å². The quantitative estimate of drug-likeness (QED) is 0.723. The van der Waals surface area contributed by atoms with E-state index in [1.165, 1.54) is 25.7 Å². The van der Waals surface area contributed by atoms with Crippen molar-refractivity contribution >= 4 is 28.5 Å². The number of fused-ring (bicyclic) bond motifs is 3. The fourth-order valence-corrected chi connectivity index (χ4v) is 6.30. The van der Waals surface area contributed by atoms with Crippen molar-refractivity contribution in [3.8, 4) is 0 Å². The van der Waals surface area contributed by atoms with Gasteiger partial charge in [0.15, 0.2) is 0 Å². The third-order valence-electron chi connectivity index (χ3n) is 7.96. The molecule has 2 heterocycles. The van der Waals surface area contributed by atoms with Gasteiger partial charge in [0.25, 0.3) is 5.56 Å². The lowest BCUT2D eigenvalue weighted by atomic mass is 9.86. The summed E-state index contributed by atoms with van der Waals surface area (Å²) in [6.45, 7) is 3.32. The number of hydrogen-bond acceptors (Lipinski definition) is 4. The summed E-state index contributed by atoms with van der Waals surface area (Å²) in [5.74, 6) is 2.11. The molecule has 2 amide bonds. The third-order valence-corrected chi connectivity index (χ3v) is 7.96. The molecule has 7 heteroatoms. The first kappa shape index (κ1) is 22.0. The van der Waals surface area contributed by atoms with Crippen LogP contribution in [0.25, 0.3) is 10.8 Å². The number of benzene rings is 1. The van der Waals surface area contributed by atoms with Crippen LogP contribution in [0.2, 0.25) is 0 Å². The Bertz CT molecular complexity index is 1100. The molecule has 3 fully saturated rings. The highest BCUT2D eigenvalue weighted by molar-refractivity contribution is 6.01. The van der Waals surface area contributed by atoms with Gasteiger partial charge in [-0.1, -0.05) is 12.5 Å².